The summed E-state index contributed by atoms with van der Waals surface area (Å²) in [5.74, 6) is 0.722. The van der Waals surface area contributed by atoms with Crippen molar-refractivity contribution >= 4 is 28.3 Å². The van der Waals surface area contributed by atoms with Gasteiger partial charge in [-0.25, -0.2) is 9.73 Å². The zero-order chi connectivity index (χ0) is 23.4. The van der Waals surface area contributed by atoms with E-state index in [9.17, 15) is 4.79 Å². The summed E-state index contributed by atoms with van der Waals surface area (Å²) in [6.07, 6.45) is 5.36. The van der Waals surface area contributed by atoms with Gasteiger partial charge in [0.15, 0.2) is 10.7 Å². The predicted octanol–water partition coefficient (Wildman–Crippen LogP) is 6.24. The highest BCUT2D eigenvalue weighted by atomic mass is 32.2. The normalized spacial score (nSPS) is 11.4. The molecule has 2 aromatic heterocycles. The monoisotopic (exact) mass is 462 g/mol. The molecule has 0 saturated heterocycles. The summed E-state index contributed by atoms with van der Waals surface area (Å²) in [7, 11) is 0. The maximum atomic E-state index is 12.7. The van der Waals surface area contributed by atoms with Crippen LogP contribution in [0.3, 0.4) is 0 Å². The molecule has 0 unspecified atom stereocenters. The third-order valence-corrected chi connectivity index (χ3v) is 6.81. The number of nitrogens with zero attached hydrogens (tertiary/aromatic N) is 3. The highest BCUT2D eigenvalue weighted by Crippen LogP contribution is 2.32. The summed E-state index contributed by atoms with van der Waals surface area (Å²) in [4.78, 5) is 18.1. The van der Waals surface area contributed by atoms with Crippen LogP contribution in [0.2, 0.25) is 0 Å². The summed E-state index contributed by atoms with van der Waals surface area (Å²) in [5, 5.41) is 8.65. The molecular formula is C26H30N4O2S. The van der Waals surface area contributed by atoms with Crippen molar-refractivity contribution in [2.75, 3.05) is 6.61 Å². The van der Waals surface area contributed by atoms with Crippen LogP contribution in [0.4, 0.5) is 0 Å². The Hall–Kier alpha value is -3.06. The first kappa shape index (κ1) is 23.1. The number of nitrogens with one attached hydrogen (secondary N) is 1. The molecule has 6 nitrogen and oxygen atoms in total. The first-order valence-corrected chi connectivity index (χ1v) is 12.2. The minimum atomic E-state index is -0.271. The van der Waals surface area contributed by atoms with Gasteiger partial charge in [0, 0.05) is 11.0 Å². The third kappa shape index (κ3) is 5.30. The van der Waals surface area contributed by atoms with Gasteiger partial charge < -0.3 is 4.74 Å². The molecule has 4 rings (SSSR count). The van der Waals surface area contributed by atoms with E-state index in [1.54, 1.807) is 10.6 Å². The fraction of sp³-hybridized carbons (Fsp3) is 0.346. The van der Waals surface area contributed by atoms with Gasteiger partial charge in [-0.05, 0) is 63.3 Å². The second kappa shape index (κ2) is 10.3. The Morgan fingerprint density at radius 1 is 1.15 bits per heavy atom. The zero-order valence-corrected chi connectivity index (χ0v) is 20.3. The van der Waals surface area contributed by atoms with Crippen LogP contribution in [0.25, 0.3) is 16.6 Å². The molecule has 0 spiro atoms. The highest BCUT2D eigenvalue weighted by molar-refractivity contribution is 7.99. The van der Waals surface area contributed by atoms with Crippen LogP contribution in [-0.4, -0.2) is 26.4 Å². The molecule has 0 radical (unpaired) electrons. The van der Waals surface area contributed by atoms with Crippen LogP contribution >= 0.6 is 11.8 Å². The Morgan fingerprint density at radius 3 is 2.76 bits per heavy atom. The summed E-state index contributed by atoms with van der Waals surface area (Å²) < 4.78 is 7.72. The molecule has 7 heteroatoms. The number of H-pyrrole nitrogens is 1. The molecule has 0 aliphatic heterocycles. The van der Waals surface area contributed by atoms with Crippen molar-refractivity contribution in [3.8, 4) is 5.75 Å². The van der Waals surface area contributed by atoms with Crippen molar-refractivity contribution in [3.05, 3.63) is 70.0 Å². The Morgan fingerprint density at radius 2 is 1.97 bits per heavy atom. The first-order valence-electron chi connectivity index (χ1n) is 11.4. The Bertz CT molecular complexity index is 1360. The van der Waals surface area contributed by atoms with Crippen LogP contribution in [0.1, 0.15) is 50.2 Å². The number of allylic oxidation sites excluding steroid dienone is 1. The Labute approximate surface area is 198 Å². The second-order valence-corrected chi connectivity index (χ2v) is 9.48. The van der Waals surface area contributed by atoms with Gasteiger partial charge in [-0.2, -0.15) is 4.98 Å². The summed E-state index contributed by atoms with van der Waals surface area (Å²) in [5.41, 5.74) is 4.60. The minimum Gasteiger partial charge on any atom is -0.494 e. The molecule has 0 atom stereocenters. The van der Waals surface area contributed by atoms with E-state index in [1.165, 1.54) is 35.7 Å². The zero-order valence-electron chi connectivity index (χ0n) is 19.5. The lowest BCUT2D eigenvalue weighted by molar-refractivity contribution is 0.310. The average molecular weight is 463 g/mol. The van der Waals surface area contributed by atoms with E-state index in [0.29, 0.717) is 28.2 Å². The summed E-state index contributed by atoms with van der Waals surface area (Å²) in [6.45, 7) is 11.1. The smallest absolute Gasteiger partial charge is 0.281 e. The molecule has 0 aliphatic carbocycles. The minimum absolute atomic E-state index is 0.271. The first-order chi connectivity index (χ1) is 16.0. The van der Waals surface area contributed by atoms with Crippen LogP contribution in [0.15, 0.2) is 63.3 Å². The van der Waals surface area contributed by atoms with E-state index >= 15 is 0 Å². The average Bonchev–Trinajstić information content (AvgIpc) is 3.19. The molecular weight excluding hydrogens is 432 g/mol. The van der Waals surface area contributed by atoms with Crippen LogP contribution in [0, 0.1) is 13.8 Å². The molecule has 0 saturated carbocycles. The molecule has 0 fully saturated rings. The number of aryl methyl sites for hydroxylation is 2. The van der Waals surface area contributed by atoms with E-state index in [2.05, 4.69) is 60.8 Å². The molecule has 33 heavy (non-hydrogen) atoms. The number of ether oxygens (including phenoxy) is 1. The van der Waals surface area contributed by atoms with Crippen molar-refractivity contribution in [2.24, 2.45) is 0 Å². The number of rotatable bonds is 10. The quantitative estimate of drug-likeness (QED) is 0.223. The number of benzene rings is 2. The van der Waals surface area contributed by atoms with Gasteiger partial charge in [-0.3, -0.25) is 4.79 Å². The number of hydrogen-bond acceptors (Lipinski definition) is 5. The van der Waals surface area contributed by atoms with Gasteiger partial charge in [0.25, 0.3) is 5.56 Å². The van der Waals surface area contributed by atoms with Gasteiger partial charge in [0.2, 0.25) is 0 Å². The van der Waals surface area contributed by atoms with Crippen LogP contribution in [0.5, 0.6) is 5.75 Å². The number of unbranched alkanes of at least 4 members (excludes halogenated alkanes) is 1. The van der Waals surface area contributed by atoms with E-state index in [4.69, 9.17) is 4.74 Å². The molecule has 172 valence electrons. The molecule has 0 amide bonds. The molecule has 2 aromatic carbocycles. The fourth-order valence-electron chi connectivity index (χ4n) is 3.83. The number of fused-ring (bicyclic) bond motifs is 3. The maximum Gasteiger partial charge on any atom is 0.281 e. The van der Waals surface area contributed by atoms with Crippen LogP contribution in [-0.2, 0) is 0 Å². The van der Waals surface area contributed by atoms with E-state index in [0.717, 1.165) is 35.5 Å². The molecule has 1 N–H and O–H groups in total. The van der Waals surface area contributed by atoms with Gasteiger partial charge >= 0.3 is 0 Å². The second-order valence-electron chi connectivity index (χ2n) is 8.45. The fourth-order valence-corrected chi connectivity index (χ4v) is 4.71. The van der Waals surface area contributed by atoms with E-state index in [1.807, 2.05) is 12.1 Å². The molecule has 2 heterocycles. The summed E-state index contributed by atoms with van der Waals surface area (Å²) >= 11 is 1.50. The van der Waals surface area contributed by atoms with Crippen molar-refractivity contribution in [1.29, 1.82) is 0 Å². The Balaban J connectivity index is 1.55. The van der Waals surface area contributed by atoms with Crippen molar-refractivity contribution in [1.82, 2.24) is 19.8 Å². The number of aromatic nitrogens is 4. The molecule has 0 bridgehead atoms. The van der Waals surface area contributed by atoms with Crippen molar-refractivity contribution in [2.45, 2.75) is 62.8 Å². The van der Waals surface area contributed by atoms with E-state index in [-0.39, 0.29) is 5.56 Å². The maximum absolute atomic E-state index is 12.7. The summed E-state index contributed by atoms with van der Waals surface area (Å²) in [6, 6.07) is 11.7. The molecule has 4 aromatic rings. The van der Waals surface area contributed by atoms with Gasteiger partial charge in [-0.1, -0.05) is 55.0 Å². The molecule has 0 aliphatic rings. The van der Waals surface area contributed by atoms with Gasteiger partial charge in [0.1, 0.15) is 5.75 Å². The van der Waals surface area contributed by atoms with Crippen molar-refractivity contribution < 1.29 is 4.74 Å². The van der Waals surface area contributed by atoms with E-state index < -0.39 is 0 Å². The largest absolute Gasteiger partial charge is 0.494 e. The third-order valence-electron chi connectivity index (χ3n) is 5.67. The standard InChI is InChI=1S/C26H30N4O2S/c1-5-6-8-17(2)9-7-14-32-20-11-12-21-22(16-20)30-24(27-25(21)31)26(28-29-30)33-23-13-10-18(3)15-19(23)4/h10-13,15-16,29H,2,5-9,14H2,1,3-4H3. The predicted molar refractivity (Wildman–Crippen MR) is 135 cm³/mol. The van der Waals surface area contributed by atoms with Gasteiger partial charge in [-0.15, -0.1) is 5.10 Å². The van der Waals surface area contributed by atoms with Crippen molar-refractivity contribution in [3.63, 3.8) is 0 Å². The topological polar surface area (TPSA) is 72.3 Å². The number of hydrogen-bond donors (Lipinski definition) is 1. The lowest BCUT2D eigenvalue weighted by Gasteiger charge is -2.09. The van der Waals surface area contributed by atoms with Crippen LogP contribution < -0.4 is 10.3 Å². The Kier molecular flexibility index (Phi) is 7.18. The lowest BCUT2D eigenvalue weighted by atomic mass is 10.1. The number of aromatic amines is 1. The lowest BCUT2D eigenvalue weighted by Crippen LogP contribution is -2.10. The SMILES string of the molecule is C=C(CCCC)CCCOc1ccc2c(=O)nc3c(Sc4ccc(C)cc4C)n[nH]n3c2c1. The highest BCUT2D eigenvalue weighted by Gasteiger charge is 2.15. The van der Waals surface area contributed by atoms with Gasteiger partial charge in [0.05, 0.1) is 17.5 Å².